The zero-order chi connectivity index (χ0) is 12.8. The Kier molecular flexibility index (Phi) is 6.62. The van der Waals surface area contributed by atoms with Crippen molar-refractivity contribution < 1.29 is 0 Å². The zero-order valence-electron chi connectivity index (χ0n) is 11.5. The number of nitriles is 1. The van der Waals surface area contributed by atoms with Crippen LogP contribution in [0.3, 0.4) is 0 Å². The summed E-state index contributed by atoms with van der Waals surface area (Å²) in [5.74, 6) is 0.607. The summed E-state index contributed by atoms with van der Waals surface area (Å²) in [6, 6.07) is 2.57. The van der Waals surface area contributed by atoms with Crippen molar-refractivity contribution in [3.63, 3.8) is 0 Å². The van der Waals surface area contributed by atoms with E-state index in [4.69, 9.17) is 11.0 Å². The van der Waals surface area contributed by atoms with E-state index in [-0.39, 0.29) is 5.41 Å². The van der Waals surface area contributed by atoms with Gasteiger partial charge in [-0.15, -0.1) is 0 Å². The Hall–Kier alpha value is -0.590. The molecule has 0 aliphatic rings. The van der Waals surface area contributed by atoms with E-state index in [9.17, 15) is 0 Å². The molecule has 0 aromatic heterocycles. The van der Waals surface area contributed by atoms with Gasteiger partial charge >= 0.3 is 0 Å². The third kappa shape index (κ3) is 5.48. The Morgan fingerprint density at radius 2 is 1.88 bits per heavy atom. The lowest BCUT2D eigenvalue weighted by Crippen LogP contribution is -2.50. The number of hydrogen-bond acceptors (Lipinski definition) is 3. The van der Waals surface area contributed by atoms with Crippen LogP contribution in [-0.4, -0.2) is 30.6 Å². The Labute approximate surface area is 101 Å². The summed E-state index contributed by atoms with van der Waals surface area (Å²) in [5.41, 5.74) is 6.05. The second-order valence-electron chi connectivity index (χ2n) is 5.91. The highest BCUT2D eigenvalue weighted by atomic mass is 15.2. The molecule has 0 aromatic rings. The maximum absolute atomic E-state index is 8.70. The van der Waals surface area contributed by atoms with Crippen LogP contribution in [0.4, 0.5) is 0 Å². The number of rotatable bonds is 6. The van der Waals surface area contributed by atoms with Gasteiger partial charge in [-0.3, -0.25) is 4.90 Å². The molecule has 3 heteroatoms. The fraction of sp³-hybridized carbons (Fsp3) is 0.923. The molecule has 0 fully saturated rings. The van der Waals surface area contributed by atoms with Crippen LogP contribution >= 0.6 is 0 Å². The highest BCUT2D eigenvalue weighted by molar-refractivity contribution is 4.86. The van der Waals surface area contributed by atoms with Crippen molar-refractivity contribution in [3.05, 3.63) is 0 Å². The molecule has 0 radical (unpaired) electrons. The normalized spacial score (nSPS) is 14.2. The average molecular weight is 225 g/mol. The summed E-state index contributed by atoms with van der Waals surface area (Å²) in [6.45, 7) is 13.5. The van der Waals surface area contributed by atoms with Crippen molar-refractivity contribution in [2.45, 2.75) is 47.1 Å². The first-order valence-corrected chi connectivity index (χ1v) is 6.14. The summed E-state index contributed by atoms with van der Waals surface area (Å²) >= 11 is 0. The van der Waals surface area contributed by atoms with Crippen LogP contribution in [0, 0.1) is 22.7 Å². The van der Waals surface area contributed by atoms with Crippen LogP contribution in [0.5, 0.6) is 0 Å². The quantitative estimate of drug-likeness (QED) is 0.754. The molecule has 0 rings (SSSR count). The van der Waals surface area contributed by atoms with Crippen LogP contribution in [0.15, 0.2) is 0 Å². The lowest BCUT2D eigenvalue weighted by atomic mass is 9.85. The molecule has 0 aliphatic heterocycles. The molecule has 0 aliphatic carbocycles. The van der Waals surface area contributed by atoms with E-state index < -0.39 is 0 Å². The largest absolute Gasteiger partial charge is 0.329 e. The topological polar surface area (TPSA) is 53.0 Å². The van der Waals surface area contributed by atoms with Gasteiger partial charge in [0.25, 0.3) is 0 Å². The summed E-state index contributed by atoms with van der Waals surface area (Å²) in [4.78, 5) is 2.37. The zero-order valence-corrected chi connectivity index (χ0v) is 11.5. The monoisotopic (exact) mass is 225 g/mol. The summed E-state index contributed by atoms with van der Waals surface area (Å²) in [6.07, 6.45) is 0.583. The van der Waals surface area contributed by atoms with E-state index in [1.807, 2.05) is 0 Å². The fourth-order valence-electron chi connectivity index (χ4n) is 2.09. The molecule has 0 saturated carbocycles. The van der Waals surface area contributed by atoms with Gasteiger partial charge in [-0.2, -0.15) is 5.26 Å². The van der Waals surface area contributed by atoms with E-state index in [2.05, 4.69) is 45.6 Å². The van der Waals surface area contributed by atoms with Gasteiger partial charge in [0.2, 0.25) is 0 Å². The minimum absolute atomic E-state index is 0.166. The molecular formula is C13H27N3. The van der Waals surface area contributed by atoms with Gasteiger partial charge in [0, 0.05) is 32.1 Å². The Morgan fingerprint density at radius 1 is 1.31 bits per heavy atom. The maximum atomic E-state index is 8.70. The molecule has 0 heterocycles. The van der Waals surface area contributed by atoms with E-state index >= 15 is 0 Å². The van der Waals surface area contributed by atoms with Crippen molar-refractivity contribution in [2.24, 2.45) is 17.1 Å². The standard InChI is InChI=1S/C13H27N3/c1-11(2)10-16(8-6-7-14)12(9-15)13(3,4)5/h11-12H,6,8-10,15H2,1-5H3. The predicted octanol–water partition coefficient (Wildman–Crippen LogP) is 2.23. The highest BCUT2D eigenvalue weighted by Crippen LogP contribution is 2.24. The second kappa shape index (κ2) is 6.88. The maximum Gasteiger partial charge on any atom is 0.0635 e. The molecule has 94 valence electrons. The van der Waals surface area contributed by atoms with Crippen LogP contribution in [-0.2, 0) is 0 Å². The lowest BCUT2D eigenvalue weighted by molar-refractivity contribution is 0.0949. The smallest absolute Gasteiger partial charge is 0.0635 e. The van der Waals surface area contributed by atoms with Gasteiger partial charge in [-0.1, -0.05) is 34.6 Å². The molecule has 16 heavy (non-hydrogen) atoms. The SMILES string of the molecule is CC(C)CN(CCC#N)C(CN)C(C)(C)C. The number of hydrogen-bond donors (Lipinski definition) is 1. The highest BCUT2D eigenvalue weighted by Gasteiger charge is 2.29. The van der Waals surface area contributed by atoms with Gasteiger partial charge in [-0.25, -0.2) is 0 Å². The van der Waals surface area contributed by atoms with E-state index in [1.165, 1.54) is 0 Å². The van der Waals surface area contributed by atoms with Crippen LogP contribution < -0.4 is 5.73 Å². The van der Waals surface area contributed by atoms with Gasteiger partial charge in [-0.05, 0) is 11.3 Å². The van der Waals surface area contributed by atoms with Gasteiger partial charge < -0.3 is 5.73 Å². The Morgan fingerprint density at radius 3 is 2.19 bits per heavy atom. The third-order valence-corrected chi connectivity index (χ3v) is 2.77. The first-order valence-electron chi connectivity index (χ1n) is 6.14. The summed E-state index contributed by atoms with van der Waals surface area (Å²) in [7, 11) is 0. The molecule has 0 saturated heterocycles. The average Bonchev–Trinajstić information content (AvgIpc) is 2.11. The predicted molar refractivity (Wildman–Crippen MR) is 68.9 cm³/mol. The fourth-order valence-corrected chi connectivity index (χ4v) is 2.09. The molecular weight excluding hydrogens is 198 g/mol. The van der Waals surface area contributed by atoms with E-state index in [0.29, 0.717) is 24.9 Å². The molecule has 0 bridgehead atoms. The third-order valence-electron chi connectivity index (χ3n) is 2.77. The van der Waals surface area contributed by atoms with Gasteiger partial charge in [0.15, 0.2) is 0 Å². The molecule has 0 amide bonds. The van der Waals surface area contributed by atoms with Crippen molar-refractivity contribution in [2.75, 3.05) is 19.6 Å². The minimum Gasteiger partial charge on any atom is -0.329 e. The molecule has 3 nitrogen and oxygen atoms in total. The van der Waals surface area contributed by atoms with Crippen molar-refractivity contribution in [1.29, 1.82) is 5.26 Å². The van der Waals surface area contributed by atoms with Crippen molar-refractivity contribution in [3.8, 4) is 6.07 Å². The lowest BCUT2D eigenvalue weighted by Gasteiger charge is -2.40. The minimum atomic E-state index is 0.166. The van der Waals surface area contributed by atoms with Crippen LogP contribution in [0.25, 0.3) is 0 Å². The molecule has 1 unspecified atom stereocenters. The van der Waals surface area contributed by atoms with Crippen molar-refractivity contribution in [1.82, 2.24) is 4.90 Å². The van der Waals surface area contributed by atoms with Crippen molar-refractivity contribution >= 4 is 0 Å². The van der Waals surface area contributed by atoms with Gasteiger partial charge in [0.1, 0.15) is 0 Å². The molecule has 0 spiro atoms. The second-order valence-corrected chi connectivity index (χ2v) is 5.91. The molecule has 2 N–H and O–H groups in total. The van der Waals surface area contributed by atoms with E-state index in [1.54, 1.807) is 0 Å². The van der Waals surface area contributed by atoms with Crippen LogP contribution in [0.1, 0.15) is 41.0 Å². The first-order chi connectivity index (χ1) is 7.32. The molecule has 0 aromatic carbocycles. The summed E-state index contributed by atoms with van der Waals surface area (Å²) in [5, 5.41) is 8.70. The Bertz CT molecular complexity index is 222. The van der Waals surface area contributed by atoms with Crippen LogP contribution in [0.2, 0.25) is 0 Å². The number of nitrogens with two attached hydrogens (primary N) is 1. The first kappa shape index (κ1) is 15.4. The summed E-state index contributed by atoms with van der Waals surface area (Å²) < 4.78 is 0. The molecule has 1 atom stereocenters. The van der Waals surface area contributed by atoms with E-state index in [0.717, 1.165) is 13.1 Å². The Balaban J connectivity index is 4.63. The van der Waals surface area contributed by atoms with Gasteiger partial charge in [0.05, 0.1) is 6.07 Å². The number of nitrogens with zero attached hydrogens (tertiary/aromatic N) is 2.